The summed E-state index contributed by atoms with van der Waals surface area (Å²) in [5, 5.41) is 8.76. The van der Waals surface area contributed by atoms with E-state index < -0.39 is 0 Å². The molecule has 6 heteroatoms. The lowest BCUT2D eigenvalue weighted by atomic mass is 9.86. The van der Waals surface area contributed by atoms with E-state index >= 15 is 0 Å². The SMILES string of the molecule is CN/C=C\C=C/Cc1cccc(-c2ccc(N(c3ccc(-c4cccc5c4oc4ccccc45)cc3)c3ccc(C4CC=Cc5c4oc4c5ccc5c4c4ccccc4n5-c4ccccc4)cc3)cc2)c1S. The van der Waals surface area contributed by atoms with Gasteiger partial charge in [-0.3, -0.25) is 0 Å². The Bertz CT molecular complexity index is 4080. The number of nitrogens with one attached hydrogen (secondary N) is 1. The van der Waals surface area contributed by atoms with Gasteiger partial charge >= 0.3 is 0 Å². The van der Waals surface area contributed by atoms with Gasteiger partial charge < -0.3 is 23.6 Å². The van der Waals surface area contributed by atoms with Crippen molar-refractivity contribution in [2.24, 2.45) is 0 Å². The minimum Gasteiger partial charge on any atom is -0.459 e. The number of aromatic nitrogens is 1. The highest BCUT2D eigenvalue weighted by Gasteiger charge is 2.28. The minimum absolute atomic E-state index is 0.0587. The second-order valence-electron chi connectivity index (χ2n) is 18.5. The molecule has 1 aliphatic carbocycles. The van der Waals surface area contributed by atoms with E-state index in [0.29, 0.717) is 0 Å². The molecular weight excluding hydrogens is 899 g/mol. The predicted octanol–water partition coefficient (Wildman–Crippen LogP) is 17.9. The molecule has 9 aromatic carbocycles. The fourth-order valence-electron chi connectivity index (χ4n) is 10.9. The Kier molecular flexibility index (Phi) is 11.0. The number of benzene rings is 9. The normalized spacial score (nSPS) is 13.7. The maximum absolute atomic E-state index is 7.14. The summed E-state index contributed by atoms with van der Waals surface area (Å²) >= 11 is 5.06. The Morgan fingerprint density at radius 2 is 1.25 bits per heavy atom. The fraction of sp³-hybridized carbons (Fsp3) is 0.0606. The number of hydrogen-bond donors (Lipinski definition) is 2. The van der Waals surface area contributed by atoms with E-state index in [0.717, 1.165) is 118 Å². The third-order valence-electron chi connectivity index (χ3n) is 14.3. The van der Waals surface area contributed by atoms with Crippen molar-refractivity contribution in [3.05, 3.63) is 253 Å². The van der Waals surface area contributed by atoms with E-state index in [2.05, 4.69) is 227 Å². The van der Waals surface area contributed by atoms with Crippen LogP contribution in [0.15, 0.2) is 244 Å². The van der Waals surface area contributed by atoms with Gasteiger partial charge in [-0.1, -0.05) is 152 Å². The summed E-state index contributed by atoms with van der Waals surface area (Å²) in [4.78, 5) is 3.33. The van der Waals surface area contributed by atoms with Gasteiger partial charge in [-0.15, -0.1) is 12.6 Å². The van der Waals surface area contributed by atoms with Crippen LogP contribution in [0.5, 0.6) is 0 Å². The Labute approximate surface area is 423 Å². The molecule has 1 atom stereocenters. The van der Waals surface area contributed by atoms with Gasteiger partial charge in [-0.25, -0.2) is 0 Å². The van der Waals surface area contributed by atoms with Crippen LogP contribution in [-0.4, -0.2) is 11.6 Å². The van der Waals surface area contributed by atoms with Crippen LogP contribution in [0, 0.1) is 0 Å². The van der Waals surface area contributed by atoms with Gasteiger partial charge in [0.2, 0.25) is 0 Å². The Morgan fingerprint density at radius 1 is 0.583 bits per heavy atom. The summed E-state index contributed by atoms with van der Waals surface area (Å²) < 4.78 is 16.0. The molecular formula is C66H49N3O2S. The molecule has 0 fully saturated rings. The van der Waals surface area contributed by atoms with Crippen molar-refractivity contribution in [1.82, 2.24) is 9.88 Å². The average Bonchev–Trinajstić information content (AvgIpc) is 4.12. The Morgan fingerprint density at radius 3 is 2.03 bits per heavy atom. The number of para-hydroxylation sites is 4. The largest absolute Gasteiger partial charge is 0.459 e. The summed E-state index contributed by atoms with van der Waals surface area (Å²) in [6, 6.07) is 71.7. The van der Waals surface area contributed by atoms with Crippen molar-refractivity contribution < 1.29 is 8.83 Å². The van der Waals surface area contributed by atoms with E-state index in [-0.39, 0.29) is 5.92 Å². The predicted molar refractivity (Wildman–Crippen MR) is 304 cm³/mol. The lowest BCUT2D eigenvalue weighted by Crippen LogP contribution is -2.10. The second kappa shape index (κ2) is 18.2. The van der Waals surface area contributed by atoms with E-state index in [1.807, 2.05) is 31.5 Å². The molecule has 0 radical (unpaired) electrons. The number of hydrogen-bond acceptors (Lipinski definition) is 5. The van der Waals surface area contributed by atoms with Gasteiger partial charge in [0.05, 0.1) is 16.4 Å². The lowest BCUT2D eigenvalue weighted by molar-refractivity contribution is 0.519. The van der Waals surface area contributed by atoms with Crippen LogP contribution in [-0.2, 0) is 6.42 Å². The zero-order chi connectivity index (χ0) is 48.1. The summed E-state index contributed by atoms with van der Waals surface area (Å²) in [6.07, 6.45) is 14.3. The van der Waals surface area contributed by atoms with Crippen molar-refractivity contribution in [3.8, 4) is 27.9 Å². The molecule has 0 bridgehead atoms. The van der Waals surface area contributed by atoms with Gasteiger partial charge in [-0.2, -0.15) is 0 Å². The summed E-state index contributed by atoms with van der Waals surface area (Å²) in [5.74, 6) is 1.07. The van der Waals surface area contributed by atoms with Crippen LogP contribution in [0.25, 0.3) is 88.7 Å². The highest BCUT2D eigenvalue weighted by molar-refractivity contribution is 7.80. The van der Waals surface area contributed by atoms with Gasteiger partial charge in [0.15, 0.2) is 0 Å². The van der Waals surface area contributed by atoms with E-state index in [9.17, 15) is 0 Å². The standard InChI is InChI=1S/C66H49N3O2S/c1-67-42-11-3-4-15-46-16-12-23-53(66(46)72)45-32-38-50(39-33-45)68(48-34-28-43(29-35-48)51-21-13-24-55-54-19-8-10-27-61(54)70-63(51)55)49-36-30-44(31-37-49)52-22-14-25-56-57-40-41-60-62(65(57)71-64(52)56)58-20-7-9-26-59(58)69(60)47-17-5-2-6-18-47/h2-14,16-21,23-42,52,67,72H,15,22H2,1H3/b4-3-,42-11-. The smallest absolute Gasteiger partial charge is 0.144 e. The van der Waals surface area contributed by atoms with Crippen molar-refractivity contribution >= 4 is 90.5 Å². The number of furan rings is 2. The zero-order valence-electron chi connectivity index (χ0n) is 39.7. The van der Waals surface area contributed by atoms with Crippen LogP contribution in [0.3, 0.4) is 0 Å². The topological polar surface area (TPSA) is 46.5 Å². The first kappa shape index (κ1) is 43.3. The third-order valence-corrected chi connectivity index (χ3v) is 14.9. The van der Waals surface area contributed by atoms with E-state index in [4.69, 9.17) is 21.5 Å². The molecule has 0 saturated heterocycles. The first-order valence-electron chi connectivity index (χ1n) is 24.6. The molecule has 0 saturated carbocycles. The molecule has 0 amide bonds. The van der Waals surface area contributed by atoms with Gasteiger partial charge in [0.25, 0.3) is 0 Å². The van der Waals surface area contributed by atoms with E-state index in [1.165, 1.54) is 22.0 Å². The molecule has 1 aliphatic rings. The van der Waals surface area contributed by atoms with Crippen LogP contribution >= 0.6 is 12.6 Å². The van der Waals surface area contributed by atoms with E-state index in [1.54, 1.807) is 0 Å². The van der Waals surface area contributed by atoms with Gasteiger partial charge in [-0.05, 0) is 126 Å². The van der Waals surface area contributed by atoms with Crippen LogP contribution in [0.1, 0.15) is 34.8 Å². The lowest BCUT2D eigenvalue weighted by Gasteiger charge is -2.27. The molecule has 0 spiro atoms. The van der Waals surface area contributed by atoms with Crippen LogP contribution in [0.2, 0.25) is 0 Å². The molecule has 5 nitrogen and oxygen atoms in total. The molecule has 3 aromatic heterocycles. The Balaban J connectivity index is 0.874. The van der Waals surface area contributed by atoms with Crippen LogP contribution in [0.4, 0.5) is 17.1 Å². The number of fused-ring (bicyclic) bond motifs is 10. The van der Waals surface area contributed by atoms with Crippen LogP contribution < -0.4 is 10.2 Å². The minimum atomic E-state index is 0.0587. The molecule has 0 aliphatic heterocycles. The van der Waals surface area contributed by atoms with Crippen molar-refractivity contribution in [3.63, 3.8) is 0 Å². The van der Waals surface area contributed by atoms with Crippen molar-refractivity contribution in [1.29, 1.82) is 0 Å². The second-order valence-corrected chi connectivity index (χ2v) is 18.9. The number of thiol groups is 1. The average molecular weight is 948 g/mol. The van der Waals surface area contributed by atoms with Crippen molar-refractivity contribution in [2.75, 3.05) is 11.9 Å². The number of anilines is 3. The van der Waals surface area contributed by atoms with Crippen molar-refractivity contribution in [2.45, 2.75) is 23.7 Å². The number of allylic oxidation sites excluding steroid dienone is 4. The molecule has 12 aromatic rings. The molecule has 72 heavy (non-hydrogen) atoms. The Hall–Kier alpha value is -8.71. The molecule has 1 N–H and O–H groups in total. The number of nitrogens with zero attached hydrogens (tertiary/aromatic N) is 2. The molecule has 3 heterocycles. The maximum atomic E-state index is 7.14. The van der Waals surface area contributed by atoms with Gasteiger partial charge in [0.1, 0.15) is 22.5 Å². The highest BCUT2D eigenvalue weighted by Crippen LogP contribution is 2.47. The third kappa shape index (κ3) is 7.42. The zero-order valence-corrected chi connectivity index (χ0v) is 40.6. The maximum Gasteiger partial charge on any atom is 0.144 e. The quantitative estimate of drug-likeness (QED) is 0.100. The first-order chi connectivity index (χ1) is 35.6. The summed E-state index contributed by atoms with van der Waals surface area (Å²) in [7, 11) is 1.90. The first-order valence-corrected chi connectivity index (χ1v) is 25.1. The fourth-order valence-corrected chi connectivity index (χ4v) is 11.3. The molecule has 13 rings (SSSR count). The van der Waals surface area contributed by atoms with Gasteiger partial charge in [0, 0.05) is 73.3 Å². The molecule has 1 unspecified atom stereocenters. The summed E-state index contributed by atoms with van der Waals surface area (Å²) in [6.45, 7) is 0. The monoisotopic (exact) mass is 947 g/mol. The summed E-state index contributed by atoms with van der Waals surface area (Å²) in [5.41, 5.74) is 17.3. The molecule has 346 valence electrons. The highest BCUT2D eigenvalue weighted by atomic mass is 32.1. The number of rotatable bonds is 11.